The number of aromatic nitrogens is 1. The van der Waals surface area contributed by atoms with Crippen molar-refractivity contribution in [3.8, 4) is 18.1 Å². The quantitative estimate of drug-likeness (QED) is 0.595. The Morgan fingerprint density at radius 3 is 2.96 bits per heavy atom. The van der Waals surface area contributed by atoms with Crippen LogP contribution in [-0.2, 0) is 13.2 Å². The van der Waals surface area contributed by atoms with E-state index in [9.17, 15) is 4.79 Å². The monoisotopic (exact) mass is 366 g/mol. The van der Waals surface area contributed by atoms with Crippen LogP contribution in [0.1, 0.15) is 26.8 Å². The molecule has 2 aromatic heterocycles. The summed E-state index contributed by atoms with van der Waals surface area (Å²) in [5, 5.41) is 2.96. The number of carbonyl (C=O) groups excluding carboxylic acids is 1. The van der Waals surface area contributed by atoms with Gasteiger partial charge in [0.1, 0.15) is 18.1 Å². The van der Waals surface area contributed by atoms with Gasteiger partial charge in [-0.3, -0.25) is 4.79 Å². The number of carbonyl (C=O) groups is 1. The number of amides is 1. The molecule has 0 aliphatic rings. The number of furan rings is 1. The van der Waals surface area contributed by atoms with Gasteiger partial charge in [-0.1, -0.05) is 12.0 Å². The van der Waals surface area contributed by atoms with Gasteiger partial charge in [0, 0.05) is 10.9 Å². The van der Waals surface area contributed by atoms with Crippen molar-refractivity contribution in [2.45, 2.75) is 20.1 Å². The van der Waals surface area contributed by atoms with Crippen LogP contribution in [0.25, 0.3) is 0 Å². The van der Waals surface area contributed by atoms with Crippen LogP contribution >= 0.6 is 11.3 Å². The fourth-order valence-electron chi connectivity index (χ4n) is 2.43. The minimum absolute atomic E-state index is 0.172. The van der Waals surface area contributed by atoms with E-state index in [1.807, 2.05) is 24.4 Å². The van der Waals surface area contributed by atoms with E-state index in [0.717, 1.165) is 10.7 Å². The predicted octanol–water partition coefficient (Wildman–Crippen LogP) is 3.90. The van der Waals surface area contributed by atoms with Crippen molar-refractivity contribution in [3.63, 3.8) is 0 Å². The van der Waals surface area contributed by atoms with Gasteiger partial charge in [0.05, 0.1) is 30.1 Å². The number of hydrogen-bond donors (Lipinski definition) is 0. The first-order valence-electron chi connectivity index (χ1n) is 8.04. The molecular formula is C20H18N2O3S. The van der Waals surface area contributed by atoms with Crippen molar-refractivity contribution >= 4 is 17.2 Å². The highest BCUT2D eigenvalue weighted by molar-refractivity contribution is 7.09. The molecule has 0 bridgehead atoms. The minimum atomic E-state index is -0.172. The van der Waals surface area contributed by atoms with Gasteiger partial charge in [0.15, 0.2) is 0 Å². The van der Waals surface area contributed by atoms with Crippen molar-refractivity contribution in [3.05, 3.63) is 70.1 Å². The molecule has 2 heterocycles. The highest BCUT2D eigenvalue weighted by Gasteiger charge is 2.17. The predicted molar refractivity (Wildman–Crippen MR) is 99.9 cm³/mol. The minimum Gasteiger partial charge on any atom is -0.487 e. The summed E-state index contributed by atoms with van der Waals surface area (Å²) in [5.41, 5.74) is 1.38. The van der Waals surface area contributed by atoms with Gasteiger partial charge in [-0.05, 0) is 37.3 Å². The lowest BCUT2D eigenvalue weighted by atomic mass is 10.2. The normalized spacial score (nSPS) is 10.3. The first kappa shape index (κ1) is 17.8. The van der Waals surface area contributed by atoms with Gasteiger partial charge in [-0.2, -0.15) is 0 Å². The fourth-order valence-corrected chi connectivity index (χ4v) is 3.03. The Balaban J connectivity index is 1.70. The third-order valence-corrected chi connectivity index (χ3v) is 4.45. The Morgan fingerprint density at radius 1 is 1.38 bits per heavy atom. The molecule has 0 fully saturated rings. The van der Waals surface area contributed by atoms with Gasteiger partial charge < -0.3 is 14.1 Å². The van der Waals surface area contributed by atoms with Gasteiger partial charge in [0.2, 0.25) is 0 Å². The third kappa shape index (κ3) is 4.52. The van der Waals surface area contributed by atoms with Gasteiger partial charge >= 0.3 is 0 Å². The summed E-state index contributed by atoms with van der Waals surface area (Å²) in [7, 11) is 0. The zero-order chi connectivity index (χ0) is 18.4. The van der Waals surface area contributed by atoms with Crippen LogP contribution in [0, 0.1) is 19.3 Å². The molecule has 1 amide bonds. The lowest BCUT2D eigenvalue weighted by molar-refractivity contribution is 0.0754. The molecule has 6 heteroatoms. The number of thiazole rings is 1. The van der Waals surface area contributed by atoms with E-state index in [0.29, 0.717) is 30.2 Å². The van der Waals surface area contributed by atoms with Crippen LogP contribution in [-0.4, -0.2) is 22.3 Å². The standard InChI is InChI=1S/C20H18N2O3S/c1-3-9-22(12-19-8-5-10-24-19)20(23)16-6-4-7-18(11-16)25-13-17-14-26-15(2)21-17/h1,4-8,10-11,14H,9,12-13H2,2H3. The number of nitrogens with zero attached hydrogens (tertiary/aromatic N) is 2. The lowest BCUT2D eigenvalue weighted by Gasteiger charge is -2.19. The Labute approximate surface area is 156 Å². The highest BCUT2D eigenvalue weighted by Crippen LogP contribution is 2.18. The molecule has 0 unspecified atom stereocenters. The Bertz CT molecular complexity index is 909. The molecule has 0 atom stereocenters. The Kier molecular flexibility index (Phi) is 5.72. The maximum atomic E-state index is 12.8. The van der Waals surface area contributed by atoms with Gasteiger partial charge in [-0.25, -0.2) is 4.98 Å². The largest absolute Gasteiger partial charge is 0.487 e. The SMILES string of the molecule is C#CCN(Cc1ccco1)C(=O)c1cccc(OCc2csc(C)n2)c1. The van der Waals surface area contributed by atoms with E-state index in [-0.39, 0.29) is 12.5 Å². The number of ether oxygens (including phenoxy) is 1. The van der Waals surface area contributed by atoms with E-state index < -0.39 is 0 Å². The summed E-state index contributed by atoms with van der Waals surface area (Å²) in [6.45, 7) is 2.83. The van der Waals surface area contributed by atoms with Crippen LogP contribution in [0.3, 0.4) is 0 Å². The zero-order valence-corrected chi connectivity index (χ0v) is 15.2. The van der Waals surface area contributed by atoms with E-state index in [1.165, 1.54) is 0 Å². The molecule has 0 saturated heterocycles. The van der Waals surface area contributed by atoms with Crippen molar-refractivity contribution in [2.24, 2.45) is 0 Å². The summed E-state index contributed by atoms with van der Waals surface area (Å²) in [4.78, 5) is 18.7. The number of aryl methyl sites for hydroxylation is 1. The average Bonchev–Trinajstić information content (AvgIpc) is 3.31. The molecular weight excluding hydrogens is 348 g/mol. The molecule has 26 heavy (non-hydrogen) atoms. The summed E-state index contributed by atoms with van der Waals surface area (Å²) in [6, 6.07) is 10.7. The molecule has 3 aromatic rings. The summed E-state index contributed by atoms with van der Waals surface area (Å²) >= 11 is 1.58. The summed E-state index contributed by atoms with van der Waals surface area (Å²) in [6.07, 6.45) is 6.99. The molecule has 132 valence electrons. The van der Waals surface area contributed by atoms with Crippen molar-refractivity contribution in [2.75, 3.05) is 6.54 Å². The summed E-state index contributed by atoms with van der Waals surface area (Å²) < 4.78 is 11.1. The molecule has 5 nitrogen and oxygen atoms in total. The number of hydrogen-bond acceptors (Lipinski definition) is 5. The van der Waals surface area contributed by atoms with Gasteiger partial charge in [-0.15, -0.1) is 17.8 Å². The fraction of sp³-hybridized carbons (Fsp3) is 0.200. The van der Waals surface area contributed by atoms with Crippen LogP contribution < -0.4 is 4.74 Å². The van der Waals surface area contributed by atoms with E-state index >= 15 is 0 Å². The number of terminal acetylenes is 1. The van der Waals surface area contributed by atoms with E-state index in [1.54, 1.807) is 46.8 Å². The van der Waals surface area contributed by atoms with Crippen molar-refractivity contribution < 1.29 is 13.9 Å². The second-order valence-electron chi connectivity index (χ2n) is 5.62. The molecule has 0 spiro atoms. The van der Waals surface area contributed by atoms with Crippen molar-refractivity contribution in [1.29, 1.82) is 0 Å². The lowest BCUT2D eigenvalue weighted by Crippen LogP contribution is -2.30. The topological polar surface area (TPSA) is 55.6 Å². The van der Waals surface area contributed by atoms with E-state index in [4.69, 9.17) is 15.6 Å². The molecule has 0 aliphatic heterocycles. The maximum Gasteiger partial charge on any atom is 0.255 e. The van der Waals surface area contributed by atoms with Gasteiger partial charge in [0.25, 0.3) is 5.91 Å². The van der Waals surface area contributed by atoms with Crippen LogP contribution in [0.5, 0.6) is 5.75 Å². The smallest absolute Gasteiger partial charge is 0.255 e. The molecule has 1 aromatic carbocycles. The Hall–Kier alpha value is -3.04. The molecule has 0 N–H and O–H groups in total. The van der Waals surface area contributed by atoms with Crippen molar-refractivity contribution in [1.82, 2.24) is 9.88 Å². The number of rotatable bonds is 7. The highest BCUT2D eigenvalue weighted by atomic mass is 32.1. The first-order chi connectivity index (χ1) is 12.7. The second-order valence-corrected chi connectivity index (χ2v) is 6.68. The second kappa shape index (κ2) is 8.37. The van der Waals surface area contributed by atoms with Crippen LogP contribution in [0.2, 0.25) is 0 Å². The average molecular weight is 366 g/mol. The van der Waals surface area contributed by atoms with E-state index in [2.05, 4.69) is 10.9 Å². The molecule has 3 rings (SSSR count). The summed E-state index contributed by atoms with van der Waals surface area (Å²) in [5.74, 6) is 3.64. The first-order valence-corrected chi connectivity index (χ1v) is 8.92. The zero-order valence-electron chi connectivity index (χ0n) is 14.3. The van der Waals surface area contributed by atoms with Crippen LogP contribution in [0.4, 0.5) is 0 Å². The third-order valence-electron chi connectivity index (χ3n) is 3.63. The molecule has 0 saturated carbocycles. The number of benzene rings is 1. The maximum absolute atomic E-state index is 12.8. The molecule has 0 aliphatic carbocycles. The molecule has 0 radical (unpaired) electrons. The van der Waals surface area contributed by atoms with Crippen LogP contribution in [0.15, 0.2) is 52.5 Å². The Morgan fingerprint density at radius 2 is 2.27 bits per heavy atom.